The predicted octanol–water partition coefficient (Wildman–Crippen LogP) is 1.58. The van der Waals surface area contributed by atoms with E-state index in [9.17, 15) is 0 Å². The van der Waals surface area contributed by atoms with Gasteiger partial charge in [0.2, 0.25) is 0 Å². The first-order chi connectivity index (χ1) is 9.40. The van der Waals surface area contributed by atoms with Crippen LogP contribution in [-0.4, -0.2) is 15.0 Å². The first kappa shape index (κ1) is 11.7. The van der Waals surface area contributed by atoms with Crippen molar-refractivity contribution in [3.05, 3.63) is 66.4 Å². The lowest BCUT2D eigenvalue weighted by atomic mass is 9.99. The molecule has 1 unspecified atom stereocenters. The minimum Gasteiger partial charge on any atom is -0.271 e. The van der Waals surface area contributed by atoms with Crippen LogP contribution in [0.1, 0.15) is 17.2 Å². The van der Waals surface area contributed by atoms with Crippen molar-refractivity contribution in [1.29, 1.82) is 0 Å². The van der Waals surface area contributed by atoms with Gasteiger partial charge < -0.3 is 0 Å². The minimum absolute atomic E-state index is 0.181. The Bertz CT molecular complexity index is 678. The van der Waals surface area contributed by atoms with E-state index in [1.54, 1.807) is 18.6 Å². The summed E-state index contributed by atoms with van der Waals surface area (Å²) in [5.41, 5.74) is 5.65. The van der Waals surface area contributed by atoms with Crippen molar-refractivity contribution in [2.24, 2.45) is 5.84 Å². The van der Waals surface area contributed by atoms with Gasteiger partial charge in [-0.25, -0.2) is 15.4 Å². The predicted molar refractivity (Wildman–Crippen MR) is 72.9 cm³/mol. The Kier molecular flexibility index (Phi) is 3.14. The fourth-order valence-corrected chi connectivity index (χ4v) is 2.19. The standard InChI is InChI=1S/C14H13N5/c15-19-14(11-7-16-9-17-8-11)12-5-1-3-10-4-2-6-18-13(10)12/h1-9,14,19H,15H2. The van der Waals surface area contributed by atoms with Crippen molar-refractivity contribution in [3.8, 4) is 0 Å². The van der Waals surface area contributed by atoms with Crippen molar-refractivity contribution < 1.29 is 0 Å². The van der Waals surface area contributed by atoms with Crippen LogP contribution in [0.4, 0.5) is 0 Å². The van der Waals surface area contributed by atoms with Gasteiger partial charge in [-0.3, -0.25) is 10.8 Å². The van der Waals surface area contributed by atoms with Crippen molar-refractivity contribution in [1.82, 2.24) is 20.4 Å². The Morgan fingerprint density at radius 2 is 1.84 bits per heavy atom. The van der Waals surface area contributed by atoms with Crippen LogP contribution in [0.5, 0.6) is 0 Å². The lowest BCUT2D eigenvalue weighted by Gasteiger charge is -2.17. The highest BCUT2D eigenvalue weighted by Crippen LogP contribution is 2.26. The van der Waals surface area contributed by atoms with Crippen LogP contribution in [0.2, 0.25) is 0 Å². The molecule has 0 saturated carbocycles. The smallest absolute Gasteiger partial charge is 0.115 e. The van der Waals surface area contributed by atoms with E-state index in [0.29, 0.717) is 0 Å². The van der Waals surface area contributed by atoms with Crippen LogP contribution in [0.25, 0.3) is 10.9 Å². The molecule has 3 N–H and O–H groups in total. The quantitative estimate of drug-likeness (QED) is 0.546. The van der Waals surface area contributed by atoms with E-state index >= 15 is 0 Å². The Balaban J connectivity index is 2.17. The molecule has 3 aromatic rings. The number of aromatic nitrogens is 3. The molecular formula is C14H13N5. The Hall–Kier alpha value is -2.37. The number of hydrogen-bond donors (Lipinski definition) is 2. The molecule has 2 aromatic heterocycles. The number of nitrogens with zero attached hydrogens (tertiary/aromatic N) is 3. The zero-order chi connectivity index (χ0) is 13.1. The van der Waals surface area contributed by atoms with E-state index in [4.69, 9.17) is 5.84 Å². The highest BCUT2D eigenvalue weighted by atomic mass is 15.2. The van der Waals surface area contributed by atoms with Crippen LogP contribution >= 0.6 is 0 Å². The van der Waals surface area contributed by atoms with Gasteiger partial charge in [0.15, 0.2) is 0 Å². The summed E-state index contributed by atoms with van der Waals surface area (Å²) in [7, 11) is 0. The molecule has 19 heavy (non-hydrogen) atoms. The number of hydrogen-bond acceptors (Lipinski definition) is 5. The molecule has 94 valence electrons. The van der Waals surface area contributed by atoms with Crippen LogP contribution in [0, 0.1) is 0 Å². The fourth-order valence-electron chi connectivity index (χ4n) is 2.19. The molecule has 0 aliphatic rings. The number of fused-ring (bicyclic) bond motifs is 1. The highest BCUT2D eigenvalue weighted by molar-refractivity contribution is 5.82. The lowest BCUT2D eigenvalue weighted by Crippen LogP contribution is -2.29. The first-order valence-electron chi connectivity index (χ1n) is 5.95. The van der Waals surface area contributed by atoms with E-state index in [1.807, 2.05) is 30.3 Å². The fraction of sp³-hybridized carbons (Fsp3) is 0.0714. The average Bonchev–Trinajstić information content (AvgIpc) is 2.49. The topological polar surface area (TPSA) is 76.7 Å². The largest absolute Gasteiger partial charge is 0.271 e. The number of nitrogens with one attached hydrogen (secondary N) is 1. The molecule has 2 heterocycles. The van der Waals surface area contributed by atoms with Gasteiger partial charge in [-0.05, 0) is 6.07 Å². The monoisotopic (exact) mass is 251 g/mol. The van der Waals surface area contributed by atoms with Crippen molar-refractivity contribution in [2.75, 3.05) is 0 Å². The molecule has 1 aromatic carbocycles. The van der Waals surface area contributed by atoms with Gasteiger partial charge in [-0.15, -0.1) is 0 Å². The summed E-state index contributed by atoms with van der Waals surface area (Å²) in [5, 5.41) is 1.08. The van der Waals surface area contributed by atoms with E-state index in [0.717, 1.165) is 22.0 Å². The summed E-state index contributed by atoms with van der Waals surface area (Å²) in [6.45, 7) is 0. The SMILES string of the molecule is NNC(c1cncnc1)c1cccc2cccnc12. The van der Waals surface area contributed by atoms with Crippen LogP contribution in [-0.2, 0) is 0 Å². The van der Waals surface area contributed by atoms with Gasteiger partial charge in [0.1, 0.15) is 6.33 Å². The van der Waals surface area contributed by atoms with E-state index in [1.165, 1.54) is 6.33 Å². The summed E-state index contributed by atoms with van der Waals surface area (Å²) in [4.78, 5) is 12.5. The Morgan fingerprint density at radius 1 is 1.05 bits per heavy atom. The van der Waals surface area contributed by atoms with Gasteiger partial charge in [0.05, 0.1) is 11.6 Å². The third kappa shape index (κ3) is 2.16. The molecule has 3 rings (SSSR count). The zero-order valence-corrected chi connectivity index (χ0v) is 10.2. The van der Waals surface area contributed by atoms with Gasteiger partial charge in [0.25, 0.3) is 0 Å². The van der Waals surface area contributed by atoms with Gasteiger partial charge in [-0.1, -0.05) is 24.3 Å². The van der Waals surface area contributed by atoms with Crippen molar-refractivity contribution in [3.63, 3.8) is 0 Å². The van der Waals surface area contributed by atoms with E-state index in [-0.39, 0.29) is 6.04 Å². The minimum atomic E-state index is -0.181. The summed E-state index contributed by atoms with van der Waals surface area (Å²) < 4.78 is 0. The summed E-state index contributed by atoms with van der Waals surface area (Å²) >= 11 is 0. The summed E-state index contributed by atoms with van der Waals surface area (Å²) in [6, 6.07) is 9.80. The molecule has 0 spiro atoms. The molecule has 0 radical (unpaired) electrons. The summed E-state index contributed by atoms with van der Waals surface area (Å²) in [5.74, 6) is 5.69. The van der Waals surface area contributed by atoms with Crippen LogP contribution < -0.4 is 11.3 Å². The number of rotatable bonds is 3. The second-order valence-electron chi connectivity index (χ2n) is 4.19. The number of nitrogens with two attached hydrogens (primary N) is 1. The second kappa shape index (κ2) is 5.09. The zero-order valence-electron chi connectivity index (χ0n) is 10.2. The molecule has 1 atom stereocenters. The molecule has 0 saturated heterocycles. The molecular weight excluding hydrogens is 238 g/mol. The Morgan fingerprint density at radius 3 is 2.63 bits per heavy atom. The van der Waals surface area contributed by atoms with Gasteiger partial charge >= 0.3 is 0 Å². The molecule has 5 nitrogen and oxygen atoms in total. The maximum atomic E-state index is 5.69. The first-order valence-corrected chi connectivity index (χ1v) is 5.95. The maximum absolute atomic E-state index is 5.69. The number of para-hydroxylation sites is 1. The second-order valence-corrected chi connectivity index (χ2v) is 4.19. The normalized spacial score (nSPS) is 12.5. The molecule has 5 heteroatoms. The number of hydrazine groups is 1. The third-order valence-corrected chi connectivity index (χ3v) is 3.06. The van der Waals surface area contributed by atoms with Crippen LogP contribution in [0.15, 0.2) is 55.2 Å². The molecule has 0 fully saturated rings. The number of pyridine rings is 1. The maximum Gasteiger partial charge on any atom is 0.115 e. The average molecular weight is 251 g/mol. The van der Waals surface area contributed by atoms with Crippen LogP contribution in [0.3, 0.4) is 0 Å². The molecule has 0 bridgehead atoms. The van der Waals surface area contributed by atoms with Gasteiger partial charge in [-0.2, -0.15) is 0 Å². The molecule has 0 aliphatic carbocycles. The number of benzene rings is 1. The Labute approximate surface area is 110 Å². The third-order valence-electron chi connectivity index (χ3n) is 3.06. The van der Waals surface area contributed by atoms with E-state index < -0.39 is 0 Å². The highest BCUT2D eigenvalue weighted by Gasteiger charge is 2.16. The van der Waals surface area contributed by atoms with Crippen molar-refractivity contribution >= 4 is 10.9 Å². The molecule has 0 amide bonds. The van der Waals surface area contributed by atoms with Gasteiger partial charge in [0, 0.05) is 35.1 Å². The lowest BCUT2D eigenvalue weighted by molar-refractivity contribution is 0.635. The van der Waals surface area contributed by atoms with Crippen molar-refractivity contribution in [2.45, 2.75) is 6.04 Å². The summed E-state index contributed by atoms with van der Waals surface area (Å²) in [6.07, 6.45) is 6.78. The van der Waals surface area contributed by atoms with E-state index in [2.05, 4.69) is 20.4 Å². The molecule has 0 aliphatic heterocycles.